The van der Waals surface area contributed by atoms with Crippen LogP contribution in [-0.4, -0.2) is 34.6 Å². The zero-order valence-electron chi connectivity index (χ0n) is 13.1. The summed E-state index contributed by atoms with van der Waals surface area (Å²) in [5, 5.41) is 12.8. The summed E-state index contributed by atoms with van der Waals surface area (Å²) in [6.45, 7) is 5.15. The molecule has 0 aliphatic rings. The van der Waals surface area contributed by atoms with Crippen LogP contribution in [-0.2, 0) is 6.54 Å². The summed E-state index contributed by atoms with van der Waals surface area (Å²) in [6, 6.07) is 7.28. The Morgan fingerprint density at radius 1 is 1.41 bits per heavy atom. The topological polar surface area (TPSA) is 71.1 Å². The standard InChI is InChI=1S/C16H21N3O3/c1-12(2)11-22-16-14(7-4-8-17-16)15(18-20)19(3)10-13-6-5-9-21-13/h4-9,12,20H,10-11H2,1-3H3/b18-15-. The number of amidine groups is 1. The molecule has 0 atom stereocenters. The highest BCUT2D eigenvalue weighted by Crippen LogP contribution is 2.19. The Morgan fingerprint density at radius 3 is 2.86 bits per heavy atom. The Labute approximate surface area is 130 Å². The van der Waals surface area contributed by atoms with Gasteiger partial charge in [0.25, 0.3) is 0 Å². The lowest BCUT2D eigenvalue weighted by Crippen LogP contribution is -2.28. The molecule has 0 aromatic carbocycles. The van der Waals surface area contributed by atoms with Gasteiger partial charge in [0.1, 0.15) is 5.76 Å². The van der Waals surface area contributed by atoms with Crippen molar-refractivity contribution in [1.29, 1.82) is 0 Å². The van der Waals surface area contributed by atoms with Crippen LogP contribution in [0, 0.1) is 5.92 Å². The first-order valence-corrected chi connectivity index (χ1v) is 7.15. The van der Waals surface area contributed by atoms with Crippen molar-refractivity contribution in [2.75, 3.05) is 13.7 Å². The number of furan rings is 1. The lowest BCUT2D eigenvalue weighted by atomic mass is 10.2. The van der Waals surface area contributed by atoms with Gasteiger partial charge >= 0.3 is 0 Å². The fourth-order valence-electron chi connectivity index (χ4n) is 1.97. The molecule has 0 saturated carbocycles. The third-order valence-corrected chi connectivity index (χ3v) is 2.99. The molecule has 0 aliphatic heterocycles. The average Bonchev–Trinajstić information content (AvgIpc) is 3.00. The molecule has 2 aromatic heterocycles. The molecule has 118 valence electrons. The van der Waals surface area contributed by atoms with Crippen LogP contribution in [0.2, 0.25) is 0 Å². The molecule has 6 nitrogen and oxygen atoms in total. The highest BCUT2D eigenvalue weighted by atomic mass is 16.5. The number of hydrogen-bond acceptors (Lipinski definition) is 5. The highest BCUT2D eigenvalue weighted by molar-refractivity contribution is 6.00. The number of pyridine rings is 1. The van der Waals surface area contributed by atoms with E-state index in [1.807, 2.05) is 25.2 Å². The zero-order valence-corrected chi connectivity index (χ0v) is 13.1. The van der Waals surface area contributed by atoms with Crippen molar-refractivity contribution < 1.29 is 14.4 Å². The molecule has 0 radical (unpaired) electrons. The second kappa shape index (κ2) is 7.49. The van der Waals surface area contributed by atoms with Crippen molar-refractivity contribution in [2.45, 2.75) is 20.4 Å². The molecule has 6 heteroatoms. The van der Waals surface area contributed by atoms with Crippen molar-refractivity contribution in [3.05, 3.63) is 48.0 Å². The molecule has 1 N–H and O–H groups in total. The van der Waals surface area contributed by atoms with Gasteiger partial charge in [0.2, 0.25) is 5.88 Å². The lowest BCUT2D eigenvalue weighted by molar-refractivity contribution is 0.259. The third-order valence-electron chi connectivity index (χ3n) is 2.99. The molecule has 0 saturated heterocycles. The van der Waals surface area contributed by atoms with Gasteiger partial charge in [0.05, 0.1) is 25.0 Å². The van der Waals surface area contributed by atoms with Gasteiger partial charge in [-0.1, -0.05) is 19.0 Å². The van der Waals surface area contributed by atoms with Crippen LogP contribution in [0.1, 0.15) is 25.2 Å². The Balaban J connectivity index is 2.20. The summed E-state index contributed by atoms with van der Waals surface area (Å²) < 4.78 is 11.0. The summed E-state index contributed by atoms with van der Waals surface area (Å²) in [4.78, 5) is 6.01. The van der Waals surface area contributed by atoms with Gasteiger partial charge in [-0.15, -0.1) is 0 Å². The van der Waals surface area contributed by atoms with Crippen LogP contribution in [0.15, 0.2) is 46.3 Å². The molecule has 0 unspecified atom stereocenters. The summed E-state index contributed by atoms with van der Waals surface area (Å²) in [6.07, 6.45) is 3.26. The van der Waals surface area contributed by atoms with E-state index in [1.165, 1.54) is 0 Å². The zero-order chi connectivity index (χ0) is 15.9. The van der Waals surface area contributed by atoms with Gasteiger partial charge in [-0.05, 0) is 30.2 Å². The van der Waals surface area contributed by atoms with E-state index >= 15 is 0 Å². The largest absolute Gasteiger partial charge is 0.477 e. The van der Waals surface area contributed by atoms with E-state index in [0.717, 1.165) is 5.76 Å². The lowest BCUT2D eigenvalue weighted by Gasteiger charge is -2.20. The predicted octanol–water partition coefficient (Wildman–Crippen LogP) is 2.98. The van der Waals surface area contributed by atoms with Gasteiger partial charge in [0, 0.05) is 13.2 Å². The van der Waals surface area contributed by atoms with E-state index in [2.05, 4.69) is 24.0 Å². The van der Waals surface area contributed by atoms with E-state index in [9.17, 15) is 5.21 Å². The van der Waals surface area contributed by atoms with Crippen LogP contribution >= 0.6 is 0 Å². The second-order valence-corrected chi connectivity index (χ2v) is 5.42. The number of rotatable bonds is 6. The SMILES string of the molecule is CC(C)COc1ncccc1/C(=N/O)N(C)Cc1ccco1. The van der Waals surface area contributed by atoms with Crippen LogP contribution in [0.4, 0.5) is 0 Å². The van der Waals surface area contributed by atoms with E-state index < -0.39 is 0 Å². The Bertz CT molecular complexity index is 609. The Hall–Kier alpha value is -2.50. The van der Waals surface area contributed by atoms with Crippen molar-refractivity contribution >= 4 is 5.84 Å². The first-order valence-electron chi connectivity index (χ1n) is 7.15. The van der Waals surface area contributed by atoms with Crippen LogP contribution in [0.25, 0.3) is 0 Å². The molecule has 0 spiro atoms. The molecule has 0 amide bonds. The van der Waals surface area contributed by atoms with Crippen molar-refractivity contribution in [1.82, 2.24) is 9.88 Å². The maximum Gasteiger partial charge on any atom is 0.224 e. The maximum atomic E-state index is 9.41. The van der Waals surface area contributed by atoms with Gasteiger partial charge in [-0.2, -0.15) is 0 Å². The van der Waals surface area contributed by atoms with E-state index in [-0.39, 0.29) is 0 Å². The normalized spacial score (nSPS) is 11.7. The second-order valence-electron chi connectivity index (χ2n) is 5.42. The minimum Gasteiger partial charge on any atom is -0.477 e. The third kappa shape index (κ3) is 4.00. The number of oxime groups is 1. The van der Waals surface area contributed by atoms with Crippen molar-refractivity contribution in [3.63, 3.8) is 0 Å². The molecule has 2 rings (SSSR count). The van der Waals surface area contributed by atoms with E-state index in [1.54, 1.807) is 23.4 Å². The van der Waals surface area contributed by atoms with Gasteiger partial charge in [-0.25, -0.2) is 4.98 Å². The molecule has 22 heavy (non-hydrogen) atoms. The summed E-state index contributed by atoms with van der Waals surface area (Å²) in [5.41, 5.74) is 0.639. The molecular weight excluding hydrogens is 282 g/mol. The number of ether oxygens (including phenoxy) is 1. The Morgan fingerprint density at radius 2 is 2.23 bits per heavy atom. The number of aromatic nitrogens is 1. The van der Waals surface area contributed by atoms with Crippen LogP contribution < -0.4 is 4.74 Å². The molecule has 0 bridgehead atoms. The first-order chi connectivity index (χ1) is 10.6. The molecule has 0 aliphatic carbocycles. The van der Waals surface area contributed by atoms with Gasteiger partial charge in [-0.3, -0.25) is 0 Å². The van der Waals surface area contributed by atoms with Crippen molar-refractivity contribution in [2.24, 2.45) is 11.1 Å². The molecule has 0 fully saturated rings. The minimum absolute atomic E-state index is 0.378. The predicted molar refractivity (Wildman–Crippen MR) is 83.1 cm³/mol. The summed E-state index contributed by atoms with van der Waals surface area (Å²) in [5.74, 6) is 1.99. The van der Waals surface area contributed by atoms with Crippen molar-refractivity contribution in [3.8, 4) is 5.88 Å². The Kier molecular flexibility index (Phi) is 5.41. The number of nitrogens with zero attached hydrogens (tertiary/aromatic N) is 3. The van der Waals surface area contributed by atoms with Crippen LogP contribution in [0.5, 0.6) is 5.88 Å². The average molecular weight is 303 g/mol. The van der Waals surface area contributed by atoms with Crippen LogP contribution in [0.3, 0.4) is 0 Å². The monoisotopic (exact) mass is 303 g/mol. The highest BCUT2D eigenvalue weighted by Gasteiger charge is 2.18. The number of hydrogen-bond donors (Lipinski definition) is 1. The molecule has 2 aromatic rings. The fraction of sp³-hybridized carbons (Fsp3) is 0.375. The van der Waals surface area contributed by atoms with E-state index in [4.69, 9.17) is 9.15 Å². The fourth-order valence-corrected chi connectivity index (χ4v) is 1.97. The minimum atomic E-state index is 0.378. The quantitative estimate of drug-likeness (QED) is 0.384. The molecule has 2 heterocycles. The molecular formula is C16H21N3O3. The van der Waals surface area contributed by atoms with E-state index in [0.29, 0.717) is 36.3 Å². The summed E-state index contributed by atoms with van der Waals surface area (Å²) in [7, 11) is 1.82. The van der Waals surface area contributed by atoms with Gasteiger partial charge < -0.3 is 19.3 Å². The maximum absolute atomic E-state index is 9.41. The smallest absolute Gasteiger partial charge is 0.224 e. The summed E-state index contributed by atoms with van der Waals surface area (Å²) >= 11 is 0. The first kappa shape index (κ1) is 15.9. The van der Waals surface area contributed by atoms with Gasteiger partial charge in [0.15, 0.2) is 5.84 Å².